The summed E-state index contributed by atoms with van der Waals surface area (Å²) < 4.78 is 1.51. The van der Waals surface area contributed by atoms with E-state index in [4.69, 9.17) is 23.2 Å². The van der Waals surface area contributed by atoms with Gasteiger partial charge >= 0.3 is 0 Å². The fourth-order valence-electron chi connectivity index (χ4n) is 3.29. The van der Waals surface area contributed by atoms with E-state index >= 15 is 0 Å². The number of aromatic nitrogens is 4. The van der Waals surface area contributed by atoms with Crippen molar-refractivity contribution in [2.45, 2.75) is 20.0 Å². The molecule has 8 nitrogen and oxygen atoms in total. The van der Waals surface area contributed by atoms with E-state index in [1.165, 1.54) is 11.5 Å². The standard InChI is InChI=1S/C23H20Cl2N6O2/c1-14(32)26-9-10-31-21-19(29-20(22(31)33)16-5-3-2-4-6-16)13-28-23(30-21)27-12-15-7-8-17(24)18(25)11-15/h2-8,11,13H,9-10,12H2,1H3,(H,26,32)(H,27,28,30). The van der Waals surface area contributed by atoms with Gasteiger partial charge in [-0.1, -0.05) is 59.6 Å². The van der Waals surface area contributed by atoms with Crippen LogP contribution >= 0.6 is 23.2 Å². The summed E-state index contributed by atoms with van der Waals surface area (Å²) in [4.78, 5) is 38.0. The monoisotopic (exact) mass is 482 g/mol. The number of anilines is 1. The summed E-state index contributed by atoms with van der Waals surface area (Å²) in [5.74, 6) is 0.152. The molecule has 0 aliphatic rings. The molecule has 1 amide bonds. The third kappa shape index (κ3) is 5.30. The second-order valence-corrected chi connectivity index (χ2v) is 8.09. The van der Waals surface area contributed by atoms with E-state index in [1.54, 1.807) is 18.3 Å². The molecule has 0 bridgehead atoms. The lowest BCUT2D eigenvalue weighted by Crippen LogP contribution is -2.31. The zero-order valence-electron chi connectivity index (χ0n) is 17.7. The van der Waals surface area contributed by atoms with E-state index in [9.17, 15) is 9.59 Å². The van der Waals surface area contributed by atoms with E-state index in [0.29, 0.717) is 45.0 Å². The lowest BCUT2D eigenvalue weighted by molar-refractivity contribution is -0.118. The van der Waals surface area contributed by atoms with Gasteiger partial charge in [-0.15, -0.1) is 0 Å². The van der Waals surface area contributed by atoms with Gasteiger partial charge in [-0.2, -0.15) is 4.98 Å². The van der Waals surface area contributed by atoms with Crippen molar-refractivity contribution in [2.24, 2.45) is 0 Å². The third-order valence-corrected chi connectivity index (χ3v) is 5.62. The quantitative estimate of drug-likeness (QED) is 0.414. The second kappa shape index (κ2) is 9.97. The number of benzene rings is 2. The Kier molecular flexibility index (Phi) is 6.86. The summed E-state index contributed by atoms with van der Waals surface area (Å²) in [5, 5.41) is 6.78. The van der Waals surface area contributed by atoms with Crippen molar-refractivity contribution in [1.82, 2.24) is 24.8 Å². The summed E-state index contributed by atoms with van der Waals surface area (Å²) >= 11 is 12.1. The molecule has 0 saturated heterocycles. The molecule has 0 aliphatic carbocycles. The zero-order chi connectivity index (χ0) is 23.4. The van der Waals surface area contributed by atoms with Gasteiger partial charge in [0.2, 0.25) is 11.9 Å². The van der Waals surface area contributed by atoms with Gasteiger partial charge in [0.25, 0.3) is 5.56 Å². The molecule has 4 rings (SSSR count). The van der Waals surface area contributed by atoms with Crippen LogP contribution in [-0.2, 0) is 17.9 Å². The molecule has 4 aromatic rings. The maximum atomic E-state index is 13.3. The van der Waals surface area contributed by atoms with Gasteiger partial charge in [0, 0.05) is 32.1 Å². The number of carbonyl (C=O) groups is 1. The Morgan fingerprint density at radius 1 is 1.06 bits per heavy atom. The number of halogens is 2. The van der Waals surface area contributed by atoms with Crippen LogP contribution in [0.3, 0.4) is 0 Å². The molecule has 0 saturated carbocycles. The van der Waals surface area contributed by atoms with E-state index in [2.05, 4.69) is 25.6 Å². The van der Waals surface area contributed by atoms with E-state index in [1.807, 2.05) is 36.4 Å². The summed E-state index contributed by atoms with van der Waals surface area (Å²) in [5.41, 5.74) is 2.43. The van der Waals surface area contributed by atoms with Crippen molar-refractivity contribution in [3.8, 4) is 11.3 Å². The van der Waals surface area contributed by atoms with Crippen LogP contribution in [0.5, 0.6) is 0 Å². The Bertz CT molecular complexity index is 1370. The molecule has 2 aromatic carbocycles. The van der Waals surface area contributed by atoms with Crippen molar-refractivity contribution in [3.63, 3.8) is 0 Å². The maximum Gasteiger partial charge on any atom is 0.278 e. The molecule has 0 aliphatic heterocycles. The number of rotatable bonds is 7. The first-order valence-electron chi connectivity index (χ1n) is 10.2. The SMILES string of the molecule is CC(=O)NCCn1c(=O)c(-c2ccccc2)nc2cnc(NCc3ccc(Cl)c(Cl)c3)nc21. The normalized spacial score (nSPS) is 10.9. The van der Waals surface area contributed by atoms with E-state index in [0.717, 1.165) is 5.56 Å². The summed E-state index contributed by atoms with van der Waals surface area (Å²) in [6.07, 6.45) is 1.57. The number of nitrogens with zero attached hydrogens (tertiary/aromatic N) is 4. The van der Waals surface area contributed by atoms with Gasteiger partial charge in [0.1, 0.15) is 11.2 Å². The minimum Gasteiger partial charge on any atom is -0.355 e. The van der Waals surface area contributed by atoms with Crippen LogP contribution in [0.4, 0.5) is 5.95 Å². The molecular weight excluding hydrogens is 463 g/mol. The predicted molar refractivity (Wildman–Crippen MR) is 130 cm³/mol. The maximum absolute atomic E-state index is 13.3. The van der Waals surface area contributed by atoms with Gasteiger partial charge in [0.15, 0.2) is 5.65 Å². The first kappa shape index (κ1) is 22.7. The Hall–Kier alpha value is -3.49. The van der Waals surface area contributed by atoms with Gasteiger partial charge < -0.3 is 10.6 Å². The lowest BCUT2D eigenvalue weighted by atomic mass is 10.1. The van der Waals surface area contributed by atoms with E-state index < -0.39 is 0 Å². The van der Waals surface area contributed by atoms with Crippen molar-refractivity contribution in [1.29, 1.82) is 0 Å². The van der Waals surface area contributed by atoms with Crippen molar-refractivity contribution in [2.75, 3.05) is 11.9 Å². The fourth-order valence-corrected chi connectivity index (χ4v) is 3.61. The number of hydrogen-bond acceptors (Lipinski definition) is 6. The molecular formula is C23H20Cl2N6O2. The van der Waals surface area contributed by atoms with Crippen LogP contribution in [0, 0.1) is 0 Å². The Morgan fingerprint density at radius 3 is 2.58 bits per heavy atom. The zero-order valence-corrected chi connectivity index (χ0v) is 19.2. The molecule has 2 heterocycles. The Balaban J connectivity index is 1.71. The average Bonchev–Trinajstić information content (AvgIpc) is 2.81. The highest BCUT2D eigenvalue weighted by Gasteiger charge is 2.15. The molecule has 2 N–H and O–H groups in total. The molecule has 33 heavy (non-hydrogen) atoms. The highest BCUT2D eigenvalue weighted by atomic mass is 35.5. The topological polar surface area (TPSA) is 102 Å². The van der Waals surface area contributed by atoms with Crippen molar-refractivity contribution in [3.05, 3.63) is 80.7 Å². The van der Waals surface area contributed by atoms with Gasteiger partial charge in [-0.3, -0.25) is 14.2 Å². The smallest absolute Gasteiger partial charge is 0.278 e. The minimum absolute atomic E-state index is 0.177. The first-order chi connectivity index (χ1) is 15.9. The third-order valence-electron chi connectivity index (χ3n) is 4.88. The van der Waals surface area contributed by atoms with Crippen LogP contribution in [0.25, 0.3) is 22.4 Å². The van der Waals surface area contributed by atoms with Gasteiger partial charge in [-0.05, 0) is 17.7 Å². The highest BCUT2D eigenvalue weighted by Crippen LogP contribution is 2.23. The van der Waals surface area contributed by atoms with Crippen LogP contribution in [0.2, 0.25) is 10.0 Å². The summed E-state index contributed by atoms with van der Waals surface area (Å²) in [7, 11) is 0. The summed E-state index contributed by atoms with van der Waals surface area (Å²) in [6.45, 7) is 2.35. The highest BCUT2D eigenvalue weighted by molar-refractivity contribution is 6.42. The number of fused-ring (bicyclic) bond motifs is 1. The minimum atomic E-state index is -0.298. The number of carbonyl (C=O) groups excluding carboxylic acids is 1. The fraction of sp³-hybridized carbons (Fsp3) is 0.174. The largest absolute Gasteiger partial charge is 0.355 e. The predicted octanol–water partition coefficient (Wildman–Crippen LogP) is 3.91. The van der Waals surface area contributed by atoms with Crippen molar-refractivity contribution >= 4 is 46.2 Å². The Labute approximate surface area is 199 Å². The summed E-state index contributed by atoms with van der Waals surface area (Å²) in [6, 6.07) is 14.5. The van der Waals surface area contributed by atoms with Gasteiger partial charge in [-0.25, -0.2) is 9.97 Å². The van der Waals surface area contributed by atoms with Crippen molar-refractivity contribution < 1.29 is 4.79 Å². The second-order valence-electron chi connectivity index (χ2n) is 7.27. The molecule has 0 atom stereocenters. The molecule has 0 unspecified atom stereocenters. The number of hydrogen-bond donors (Lipinski definition) is 2. The molecule has 2 aromatic heterocycles. The van der Waals surface area contributed by atoms with Crippen LogP contribution in [-0.4, -0.2) is 32.0 Å². The first-order valence-corrected chi connectivity index (χ1v) is 10.9. The van der Waals surface area contributed by atoms with Gasteiger partial charge in [0.05, 0.1) is 16.2 Å². The average molecular weight is 483 g/mol. The van der Waals surface area contributed by atoms with Crippen LogP contribution in [0.15, 0.2) is 59.5 Å². The lowest BCUT2D eigenvalue weighted by Gasteiger charge is -2.13. The van der Waals surface area contributed by atoms with Crippen LogP contribution < -0.4 is 16.2 Å². The molecule has 0 fully saturated rings. The molecule has 0 spiro atoms. The van der Waals surface area contributed by atoms with Crippen LogP contribution in [0.1, 0.15) is 12.5 Å². The molecule has 0 radical (unpaired) electrons. The Morgan fingerprint density at radius 2 is 1.85 bits per heavy atom. The molecule has 10 heteroatoms. The number of nitrogens with one attached hydrogen (secondary N) is 2. The number of amides is 1. The van der Waals surface area contributed by atoms with E-state index in [-0.39, 0.29) is 24.6 Å². The molecule has 168 valence electrons.